The highest BCUT2D eigenvalue weighted by Crippen LogP contribution is 2.08. The molecule has 1 rings (SSSR count). The lowest BCUT2D eigenvalue weighted by atomic mass is 10.2. The molecule has 0 aromatic heterocycles. The summed E-state index contributed by atoms with van der Waals surface area (Å²) in [5.41, 5.74) is 1.12. The predicted octanol–water partition coefficient (Wildman–Crippen LogP) is 0.633. The lowest BCUT2D eigenvalue weighted by Crippen LogP contribution is -2.31. The smallest absolute Gasteiger partial charge is 0.243 e. The van der Waals surface area contributed by atoms with Crippen LogP contribution < -0.4 is 10.6 Å². The summed E-state index contributed by atoms with van der Waals surface area (Å²) in [4.78, 5) is 21.8. The first-order valence-corrected chi connectivity index (χ1v) is 4.66. The fraction of sp³-hybridized carbons (Fsp3) is 0.182. The van der Waals surface area contributed by atoms with Gasteiger partial charge in [0.05, 0.1) is 18.2 Å². The predicted molar refractivity (Wildman–Crippen MR) is 58.5 cm³/mol. The topological polar surface area (TPSA) is 82.0 Å². The molecule has 0 saturated heterocycles. The van der Waals surface area contributed by atoms with Crippen LogP contribution in [0.2, 0.25) is 0 Å². The Kier molecular flexibility index (Phi) is 4.04. The molecule has 0 radical (unpaired) electrons. The summed E-state index contributed by atoms with van der Waals surface area (Å²) in [6, 6.07) is 8.45. The molecule has 5 nitrogen and oxygen atoms in total. The Morgan fingerprint density at radius 3 is 2.44 bits per heavy atom. The monoisotopic (exact) mass is 217 g/mol. The van der Waals surface area contributed by atoms with Gasteiger partial charge in [-0.3, -0.25) is 9.59 Å². The van der Waals surface area contributed by atoms with E-state index in [1.54, 1.807) is 24.3 Å². The summed E-state index contributed by atoms with van der Waals surface area (Å²) < 4.78 is 0. The Balaban J connectivity index is 2.50. The van der Waals surface area contributed by atoms with Crippen LogP contribution in [0.3, 0.4) is 0 Å². The lowest BCUT2D eigenvalue weighted by Gasteiger charge is -2.05. The van der Waals surface area contributed by atoms with E-state index in [0.717, 1.165) is 0 Å². The van der Waals surface area contributed by atoms with Crippen LogP contribution in [-0.2, 0) is 9.59 Å². The zero-order valence-corrected chi connectivity index (χ0v) is 8.78. The number of rotatable bonds is 3. The molecular formula is C11H11N3O2. The Morgan fingerprint density at radius 2 is 1.94 bits per heavy atom. The average molecular weight is 217 g/mol. The Labute approximate surface area is 93.1 Å². The number of benzene rings is 1. The van der Waals surface area contributed by atoms with Crippen LogP contribution in [-0.4, -0.2) is 18.4 Å². The molecule has 0 aliphatic rings. The van der Waals surface area contributed by atoms with Crippen LogP contribution in [0.5, 0.6) is 0 Å². The van der Waals surface area contributed by atoms with Gasteiger partial charge < -0.3 is 10.6 Å². The maximum atomic E-state index is 11.3. The second-order valence-electron chi connectivity index (χ2n) is 3.15. The number of hydrogen-bond donors (Lipinski definition) is 2. The minimum atomic E-state index is -0.306. The van der Waals surface area contributed by atoms with Crippen molar-refractivity contribution in [2.45, 2.75) is 6.92 Å². The summed E-state index contributed by atoms with van der Waals surface area (Å²) in [5.74, 6) is -0.560. The van der Waals surface area contributed by atoms with Crippen molar-refractivity contribution in [2.24, 2.45) is 0 Å². The molecule has 82 valence electrons. The summed E-state index contributed by atoms with van der Waals surface area (Å²) in [6.45, 7) is 1.28. The Bertz CT molecular complexity index is 432. The van der Waals surface area contributed by atoms with Crippen molar-refractivity contribution in [1.82, 2.24) is 5.32 Å². The van der Waals surface area contributed by atoms with E-state index < -0.39 is 0 Å². The Hall–Kier alpha value is -2.35. The van der Waals surface area contributed by atoms with Crippen molar-refractivity contribution < 1.29 is 9.59 Å². The molecule has 0 aliphatic heterocycles. The molecule has 0 spiro atoms. The van der Waals surface area contributed by atoms with Gasteiger partial charge >= 0.3 is 0 Å². The van der Waals surface area contributed by atoms with Crippen molar-refractivity contribution in [2.75, 3.05) is 11.9 Å². The minimum Gasteiger partial charge on any atom is -0.347 e. The van der Waals surface area contributed by atoms with Crippen LogP contribution in [0.25, 0.3) is 0 Å². The van der Waals surface area contributed by atoms with E-state index in [2.05, 4.69) is 10.6 Å². The summed E-state index contributed by atoms with van der Waals surface area (Å²) in [6.07, 6.45) is 0. The number of nitrogens with one attached hydrogen (secondary N) is 2. The van der Waals surface area contributed by atoms with E-state index in [4.69, 9.17) is 5.26 Å². The average Bonchev–Trinajstić information content (AvgIpc) is 2.27. The van der Waals surface area contributed by atoms with Crippen molar-refractivity contribution in [3.8, 4) is 6.07 Å². The molecule has 2 amide bonds. The number of nitrogens with zero attached hydrogens (tertiary/aromatic N) is 1. The highest BCUT2D eigenvalue weighted by molar-refractivity contribution is 5.94. The van der Waals surface area contributed by atoms with Crippen LogP contribution >= 0.6 is 0 Å². The van der Waals surface area contributed by atoms with Crippen LogP contribution in [0.4, 0.5) is 5.69 Å². The fourth-order valence-corrected chi connectivity index (χ4v) is 1.04. The molecule has 1 aromatic carbocycles. The maximum Gasteiger partial charge on any atom is 0.243 e. The third kappa shape index (κ3) is 3.80. The first-order valence-electron chi connectivity index (χ1n) is 4.66. The zero-order valence-electron chi connectivity index (χ0n) is 8.78. The fourth-order valence-electron chi connectivity index (χ4n) is 1.04. The molecular weight excluding hydrogens is 206 g/mol. The zero-order chi connectivity index (χ0) is 12.0. The van der Waals surface area contributed by atoms with E-state index in [0.29, 0.717) is 11.3 Å². The van der Waals surface area contributed by atoms with Crippen LogP contribution in [0.15, 0.2) is 24.3 Å². The molecule has 0 heterocycles. The van der Waals surface area contributed by atoms with E-state index >= 15 is 0 Å². The second kappa shape index (κ2) is 5.51. The third-order valence-corrected chi connectivity index (χ3v) is 1.80. The normalized spacial score (nSPS) is 9.00. The van der Waals surface area contributed by atoms with Crippen LogP contribution in [0.1, 0.15) is 12.5 Å². The first kappa shape index (κ1) is 11.7. The number of amides is 2. The van der Waals surface area contributed by atoms with E-state index in [1.165, 1.54) is 6.92 Å². The highest BCUT2D eigenvalue weighted by atomic mass is 16.2. The van der Waals surface area contributed by atoms with Crippen molar-refractivity contribution in [3.63, 3.8) is 0 Å². The SMILES string of the molecule is CC(=O)NCC(=O)Nc1ccc(C#N)cc1. The largest absolute Gasteiger partial charge is 0.347 e. The van der Waals surface area contributed by atoms with Crippen molar-refractivity contribution in [3.05, 3.63) is 29.8 Å². The van der Waals surface area contributed by atoms with Gasteiger partial charge in [0.15, 0.2) is 0 Å². The van der Waals surface area contributed by atoms with Crippen molar-refractivity contribution >= 4 is 17.5 Å². The molecule has 5 heteroatoms. The molecule has 1 aromatic rings. The minimum absolute atomic E-state index is 0.0602. The molecule has 2 N–H and O–H groups in total. The molecule has 0 bridgehead atoms. The van der Waals surface area contributed by atoms with Gasteiger partial charge in [0, 0.05) is 12.6 Å². The number of carbonyl (C=O) groups excluding carboxylic acids is 2. The maximum absolute atomic E-state index is 11.3. The Morgan fingerprint density at radius 1 is 1.31 bits per heavy atom. The molecule has 0 atom stereocenters. The molecule has 0 aliphatic carbocycles. The van der Waals surface area contributed by atoms with Gasteiger partial charge in [-0.1, -0.05) is 0 Å². The number of carbonyl (C=O) groups is 2. The third-order valence-electron chi connectivity index (χ3n) is 1.80. The van der Waals surface area contributed by atoms with Gasteiger partial charge in [-0.15, -0.1) is 0 Å². The lowest BCUT2D eigenvalue weighted by molar-refractivity contribution is -0.122. The standard InChI is InChI=1S/C11H11N3O2/c1-8(15)13-7-11(16)14-10-4-2-9(6-12)3-5-10/h2-5H,7H2,1H3,(H,13,15)(H,14,16). The van der Waals surface area contributed by atoms with Crippen LogP contribution in [0, 0.1) is 11.3 Å². The number of hydrogen-bond acceptors (Lipinski definition) is 3. The second-order valence-corrected chi connectivity index (χ2v) is 3.15. The summed E-state index contributed by atoms with van der Waals surface area (Å²) >= 11 is 0. The summed E-state index contributed by atoms with van der Waals surface area (Å²) in [5, 5.41) is 13.5. The molecule has 0 saturated carbocycles. The number of anilines is 1. The summed E-state index contributed by atoms with van der Waals surface area (Å²) in [7, 11) is 0. The van der Waals surface area contributed by atoms with Gasteiger partial charge in [-0.25, -0.2) is 0 Å². The van der Waals surface area contributed by atoms with Gasteiger partial charge in [-0.05, 0) is 24.3 Å². The van der Waals surface area contributed by atoms with Gasteiger partial charge in [-0.2, -0.15) is 5.26 Å². The molecule has 0 fully saturated rings. The molecule has 16 heavy (non-hydrogen) atoms. The van der Waals surface area contributed by atoms with E-state index in [-0.39, 0.29) is 18.4 Å². The van der Waals surface area contributed by atoms with Crippen molar-refractivity contribution in [1.29, 1.82) is 5.26 Å². The van der Waals surface area contributed by atoms with E-state index in [9.17, 15) is 9.59 Å². The van der Waals surface area contributed by atoms with E-state index in [1.807, 2.05) is 6.07 Å². The molecule has 0 unspecified atom stereocenters. The first-order chi connectivity index (χ1) is 7.61. The van der Waals surface area contributed by atoms with Gasteiger partial charge in [0.2, 0.25) is 11.8 Å². The highest BCUT2D eigenvalue weighted by Gasteiger charge is 2.02. The van der Waals surface area contributed by atoms with Gasteiger partial charge in [0.1, 0.15) is 0 Å². The van der Waals surface area contributed by atoms with Gasteiger partial charge in [0.25, 0.3) is 0 Å². The quantitative estimate of drug-likeness (QED) is 0.779. The number of nitriles is 1.